The van der Waals surface area contributed by atoms with Crippen molar-refractivity contribution in [2.75, 3.05) is 33.0 Å². The Balaban J connectivity index is 1.35. The summed E-state index contributed by atoms with van der Waals surface area (Å²) in [4.78, 5) is 12.4. The zero-order valence-corrected chi connectivity index (χ0v) is 31.2. The standard InChI is InChI=1S/C32H55NO26/c1-7(39)33-13-17(43)24(56-31-23(49)27(16(42)10(4-36)53-31)59-30-21(47)18(44)14(40)8(2-34)52-30)12(6-38)55-29(13)58-26-15(41)9(3-35)54-32(22(26)48)57-25-11(5-37)51-28(50)20(46)19(25)45/h8-32,34-38,40-50H,2-6H2,1H3,(H,33,39)/t8?,9?,10?,11?,12?,13?,14-,15-,16-,17+,18-,19+,20?,21?,22?,23?,24-,25-,26-,27-,28+,29-,30-,31-,32-/m0/s1. The maximum atomic E-state index is 12.4. The maximum Gasteiger partial charge on any atom is 0.217 e. The largest absolute Gasteiger partial charge is 0.394 e. The van der Waals surface area contributed by atoms with Gasteiger partial charge in [0.25, 0.3) is 0 Å². The van der Waals surface area contributed by atoms with Crippen molar-refractivity contribution in [2.24, 2.45) is 0 Å². The van der Waals surface area contributed by atoms with E-state index in [1.807, 2.05) is 0 Å². The highest BCUT2D eigenvalue weighted by atomic mass is 16.8. The first-order chi connectivity index (χ1) is 27.9. The van der Waals surface area contributed by atoms with Gasteiger partial charge < -0.3 is 130 Å². The molecule has 27 heteroatoms. The van der Waals surface area contributed by atoms with Crippen molar-refractivity contribution in [1.82, 2.24) is 5.32 Å². The van der Waals surface area contributed by atoms with E-state index in [1.54, 1.807) is 0 Å². The predicted molar refractivity (Wildman–Crippen MR) is 178 cm³/mol. The van der Waals surface area contributed by atoms with Crippen LogP contribution in [-0.2, 0) is 47.4 Å². The van der Waals surface area contributed by atoms with Crippen LogP contribution in [0, 0.1) is 0 Å². The van der Waals surface area contributed by atoms with Gasteiger partial charge in [0.2, 0.25) is 5.91 Å². The average molecular weight is 870 g/mol. The van der Waals surface area contributed by atoms with Crippen molar-refractivity contribution in [3.8, 4) is 0 Å². The number of carbonyl (C=O) groups excluding carboxylic acids is 1. The summed E-state index contributed by atoms with van der Waals surface area (Å²) in [5.74, 6) is -0.817. The molecule has 0 aromatic rings. The zero-order chi connectivity index (χ0) is 43.6. The SMILES string of the molecule is CC(=O)NC1[C@H](O[C@@H]2C(O)[C@H](O[C@H]3C(CO)O[C@@H](O)C(O)[C@H]3O)OC(CO)[C@@H]2O)OC(CO)[C@H](O[C@@H]2OC(CO)[C@H](O)[C@H](O[C@@H]3OC(CO)[C@H](O)[C@H](O)C3O)C2O)[C@@H]1O. The van der Waals surface area contributed by atoms with E-state index in [2.05, 4.69) is 5.32 Å². The Morgan fingerprint density at radius 1 is 0.407 bits per heavy atom. The van der Waals surface area contributed by atoms with Crippen LogP contribution in [0.3, 0.4) is 0 Å². The summed E-state index contributed by atoms with van der Waals surface area (Å²) in [6.45, 7) is -3.57. The van der Waals surface area contributed by atoms with Crippen LogP contribution in [0.4, 0.5) is 0 Å². The summed E-state index contributed by atoms with van der Waals surface area (Å²) in [5, 5.41) is 169. The zero-order valence-electron chi connectivity index (χ0n) is 31.2. The summed E-state index contributed by atoms with van der Waals surface area (Å²) in [6, 6.07) is -1.72. The van der Waals surface area contributed by atoms with E-state index in [1.165, 1.54) is 0 Å². The monoisotopic (exact) mass is 869 g/mol. The molecular formula is C32H55NO26. The molecule has 0 bridgehead atoms. The highest BCUT2D eigenvalue weighted by Crippen LogP contribution is 2.35. The van der Waals surface area contributed by atoms with Crippen molar-refractivity contribution in [2.45, 2.75) is 160 Å². The Morgan fingerprint density at radius 3 is 1.24 bits per heavy atom. The van der Waals surface area contributed by atoms with Gasteiger partial charge in [0.05, 0.1) is 33.0 Å². The first-order valence-corrected chi connectivity index (χ1v) is 18.6. The molecule has 5 aliphatic rings. The van der Waals surface area contributed by atoms with Crippen LogP contribution >= 0.6 is 0 Å². The fraction of sp³-hybridized carbons (Fsp3) is 0.969. The third-order valence-electron chi connectivity index (χ3n) is 10.7. The van der Waals surface area contributed by atoms with E-state index in [0.717, 1.165) is 6.92 Å². The quantitative estimate of drug-likeness (QED) is 0.0770. The lowest BCUT2D eigenvalue weighted by atomic mass is 9.94. The number of hydrogen-bond acceptors (Lipinski definition) is 26. The van der Waals surface area contributed by atoms with Gasteiger partial charge in [-0.3, -0.25) is 4.79 Å². The molecule has 0 radical (unpaired) electrons. The third kappa shape index (κ3) is 10.2. The highest BCUT2D eigenvalue weighted by molar-refractivity contribution is 5.73. The van der Waals surface area contributed by atoms with E-state index >= 15 is 0 Å². The summed E-state index contributed by atoms with van der Waals surface area (Å²) in [6.07, 6.45) is -44.3. The maximum absolute atomic E-state index is 12.4. The molecule has 25 atom stereocenters. The molecule has 5 rings (SSSR count). The molecule has 0 aliphatic carbocycles. The molecule has 5 saturated heterocycles. The number of amides is 1. The first-order valence-electron chi connectivity index (χ1n) is 18.6. The summed E-state index contributed by atoms with van der Waals surface area (Å²) in [7, 11) is 0. The molecule has 5 fully saturated rings. The summed E-state index contributed by atoms with van der Waals surface area (Å²) in [5.41, 5.74) is 0. The Hall–Kier alpha value is -1.53. The third-order valence-corrected chi connectivity index (χ3v) is 10.7. The first kappa shape index (κ1) is 48.5. The lowest BCUT2D eigenvalue weighted by molar-refractivity contribution is -0.386. The number of aliphatic hydroxyl groups excluding tert-OH is 16. The Bertz CT molecular complexity index is 1320. The minimum atomic E-state index is -2.09. The van der Waals surface area contributed by atoms with Crippen molar-refractivity contribution in [3.05, 3.63) is 0 Å². The van der Waals surface area contributed by atoms with Crippen LogP contribution < -0.4 is 5.32 Å². The average Bonchev–Trinajstić information content (AvgIpc) is 3.21. The second-order valence-electron chi connectivity index (χ2n) is 14.7. The van der Waals surface area contributed by atoms with Crippen molar-refractivity contribution < 1.29 is 129 Å². The number of hydrogen-bond donors (Lipinski definition) is 17. The van der Waals surface area contributed by atoms with Crippen LogP contribution in [-0.4, -0.2) is 274 Å². The minimum absolute atomic E-state index is 0.817. The second-order valence-corrected chi connectivity index (χ2v) is 14.7. The van der Waals surface area contributed by atoms with E-state index < -0.39 is 192 Å². The summed E-state index contributed by atoms with van der Waals surface area (Å²) < 4.78 is 50.0. The molecule has 5 aliphatic heterocycles. The highest BCUT2D eigenvalue weighted by Gasteiger charge is 2.57. The van der Waals surface area contributed by atoms with Crippen LogP contribution in [0.15, 0.2) is 0 Å². The van der Waals surface area contributed by atoms with Crippen molar-refractivity contribution in [3.63, 3.8) is 0 Å². The summed E-state index contributed by atoms with van der Waals surface area (Å²) >= 11 is 0. The topological polar surface area (TPSA) is 436 Å². The molecule has 17 N–H and O–H groups in total. The molecule has 1 amide bonds. The Morgan fingerprint density at radius 2 is 0.780 bits per heavy atom. The molecule has 10 unspecified atom stereocenters. The van der Waals surface area contributed by atoms with Crippen molar-refractivity contribution in [1.29, 1.82) is 0 Å². The molecule has 0 spiro atoms. The van der Waals surface area contributed by atoms with Gasteiger partial charge in [-0.15, -0.1) is 0 Å². The molecule has 27 nitrogen and oxygen atoms in total. The van der Waals surface area contributed by atoms with Gasteiger partial charge in [-0.25, -0.2) is 0 Å². The normalized spacial score (nSPS) is 51.0. The molecule has 5 heterocycles. The van der Waals surface area contributed by atoms with Gasteiger partial charge in [-0.2, -0.15) is 0 Å². The minimum Gasteiger partial charge on any atom is -0.394 e. The second kappa shape index (κ2) is 20.8. The van der Waals surface area contributed by atoms with Crippen molar-refractivity contribution >= 4 is 5.91 Å². The van der Waals surface area contributed by atoms with Crippen LogP contribution in [0.2, 0.25) is 0 Å². The number of nitrogens with one attached hydrogen (secondary N) is 1. The number of carbonyl (C=O) groups is 1. The lowest BCUT2D eigenvalue weighted by Crippen LogP contribution is -2.70. The number of ether oxygens (including phenoxy) is 9. The number of rotatable bonds is 14. The predicted octanol–water partition coefficient (Wildman–Crippen LogP) is -11.8. The van der Waals surface area contributed by atoms with Gasteiger partial charge in [-0.05, 0) is 0 Å². The Labute approximate surface area is 333 Å². The van der Waals surface area contributed by atoms with Crippen LogP contribution in [0.5, 0.6) is 0 Å². The van der Waals surface area contributed by atoms with E-state index in [-0.39, 0.29) is 0 Å². The molecular weight excluding hydrogens is 814 g/mol. The van der Waals surface area contributed by atoms with Crippen LogP contribution in [0.25, 0.3) is 0 Å². The van der Waals surface area contributed by atoms with Gasteiger partial charge in [0.1, 0.15) is 122 Å². The van der Waals surface area contributed by atoms with E-state index in [0.29, 0.717) is 0 Å². The van der Waals surface area contributed by atoms with E-state index in [9.17, 15) is 86.5 Å². The van der Waals surface area contributed by atoms with Gasteiger partial charge >= 0.3 is 0 Å². The molecule has 59 heavy (non-hydrogen) atoms. The molecule has 344 valence electrons. The molecule has 0 aromatic carbocycles. The lowest BCUT2D eigenvalue weighted by Gasteiger charge is -2.50. The fourth-order valence-electron chi connectivity index (χ4n) is 7.43. The van der Waals surface area contributed by atoms with Gasteiger partial charge in [-0.1, -0.05) is 0 Å². The van der Waals surface area contributed by atoms with E-state index in [4.69, 9.17) is 42.6 Å². The molecule has 0 saturated carbocycles. The molecule has 0 aromatic heterocycles. The van der Waals surface area contributed by atoms with Gasteiger partial charge in [0, 0.05) is 6.92 Å². The van der Waals surface area contributed by atoms with Gasteiger partial charge in [0.15, 0.2) is 31.5 Å². The smallest absolute Gasteiger partial charge is 0.217 e. The van der Waals surface area contributed by atoms with Crippen LogP contribution in [0.1, 0.15) is 6.92 Å². The number of aliphatic hydroxyl groups is 16. The fourth-order valence-corrected chi connectivity index (χ4v) is 7.43. The Kier molecular flexibility index (Phi) is 17.1.